The number of aromatic nitrogens is 2. The van der Waals surface area contributed by atoms with Gasteiger partial charge in [-0.1, -0.05) is 55.0 Å². The van der Waals surface area contributed by atoms with E-state index in [2.05, 4.69) is 14.4 Å². The number of halogens is 3. The Morgan fingerprint density at radius 3 is 2.17 bits per heavy atom. The van der Waals surface area contributed by atoms with Crippen LogP contribution >= 0.6 is 0 Å². The van der Waals surface area contributed by atoms with Gasteiger partial charge in [0.2, 0.25) is 5.88 Å². The second-order valence-corrected chi connectivity index (χ2v) is 9.96. The van der Waals surface area contributed by atoms with E-state index < -0.39 is 21.4 Å². The fourth-order valence-corrected chi connectivity index (χ4v) is 4.89. The first kappa shape index (κ1) is 23.3. The molecule has 10 heteroatoms. The van der Waals surface area contributed by atoms with E-state index in [1.165, 1.54) is 12.1 Å². The first-order valence-electron chi connectivity index (χ1n) is 11.2. The molecule has 1 aromatic heterocycles. The van der Waals surface area contributed by atoms with Crippen molar-refractivity contribution < 1.29 is 30.5 Å². The third kappa shape index (κ3) is 4.50. The van der Waals surface area contributed by atoms with Crippen LogP contribution in [0.1, 0.15) is 32.1 Å². The Morgan fingerprint density at radius 1 is 0.800 bits per heavy atom. The summed E-state index contributed by atoms with van der Waals surface area (Å²) in [5, 5.41) is 10.9. The van der Waals surface area contributed by atoms with Crippen molar-refractivity contribution in [2.75, 3.05) is 0 Å². The molecule has 1 aliphatic carbocycles. The number of hydrogen-bond donors (Lipinski definition) is 0. The van der Waals surface area contributed by atoms with Crippen LogP contribution in [0.4, 0.5) is 13.2 Å². The molecular weight excluding hydrogens is 481 g/mol. The minimum Gasteiger partial charge on any atom is -0.473 e. The predicted octanol–water partition coefficient (Wildman–Crippen LogP) is 6.39. The van der Waals surface area contributed by atoms with E-state index in [1.807, 2.05) is 0 Å². The lowest BCUT2D eigenvalue weighted by atomic mass is 9.97. The van der Waals surface area contributed by atoms with Crippen LogP contribution in [-0.2, 0) is 10.1 Å². The quantitative estimate of drug-likeness (QED) is 0.232. The van der Waals surface area contributed by atoms with Crippen LogP contribution in [0.2, 0.25) is 0 Å². The van der Waals surface area contributed by atoms with Gasteiger partial charge >= 0.3 is 15.6 Å². The predicted molar refractivity (Wildman–Crippen MR) is 126 cm³/mol. The number of nitrogens with zero attached hydrogens (tertiary/aromatic N) is 2. The van der Waals surface area contributed by atoms with E-state index in [-0.39, 0.29) is 17.4 Å². The molecule has 0 atom stereocenters. The number of hydrogen-bond acceptors (Lipinski definition) is 6. The van der Waals surface area contributed by atoms with Crippen LogP contribution in [-0.4, -0.2) is 30.2 Å². The Hall–Kier alpha value is -3.40. The molecule has 0 radical (unpaired) electrons. The molecule has 0 unspecified atom stereocenters. The van der Waals surface area contributed by atoms with Gasteiger partial charge in [0.15, 0.2) is 5.75 Å². The largest absolute Gasteiger partial charge is 0.534 e. The van der Waals surface area contributed by atoms with E-state index in [4.69, 9.17) is 4.74 Å². The highest BCUT2D eigenvalue weighted by molar-refractivity contribution is 7.88. The second-order valence-electron chi connectivity index (χ2n) is 8.42. The van der Waals surface area contributed by atoms with Gasteiger partial charge in [-0.3, -0.25) is 0 Å². The standard InChI is InChI=1S/C25H21F3N2O4S/c26-25(27,28)35(31,32)34-21-15-14-16-8-4-5-11-18(16)22(21)23-19-12-6-7-13-20(19)24(30-29-23)33-17-9-2-1-3-10-17/h4-8,11-15,17H,1-3,9-10H2. The molecule has 5 rings (SSSR count). The molecule has 6 nitrogen and oxygen atoms in total. The summed E-state index contributed by atoms with van der Waals surface area (Å²) in [7, 11) is -5.90. The van der Waals surface area contributed by atoms with Gasteiger partial charge in [0.1, 0.15) is 11.8 Å². The van der Waals surface area contributed by atoms with Crippen LogP contribution in [0.15, 0.2) is 60.7 Å². The molecule has 1 fully saturated rings. The Kier molecular flexibility index (Phi) is 6.00. The number of ether oxygens (including phenoxy) is 1. The summed E-state index contributed by atoms with van der Waals surface area (Å²) in [6.45, 7) is 0. The normalized spacial score (nSPS) is 15.4. The zero-order chi connectivity index (χ0) is 24.6. The lowest BCUT2D eigenvalue weighted by molar-refractivity contribution is -0.0499. The van der Waals surface area contributed by atoms with Crippen molar-refractivity contribution in [3.8, 4) is 22.9 Å². The fraction of sp³-hybridized carbons (Fsp3) is 0.280. The van der Waals surface area contributed by atoms with Gasteiger partial charge in [-0.05, 0) is 48.6 Å². The number of alkyl halides is 3. The fourth-order valence-electron chi connectivity index (χ4n) is 4.42. The van der Waals surface area contributed by atoms with Crippen molar-refractivity contribution in [3.63, 3.8) is 0 Å². The average molecular weight is 503 g/mol. The number of fused-ring (bicyclic) bond motifs is 2. The van der Waals surface area contributed by atoms with Crippen molar-refractivity contribution >= 4 is 31.7 Å². The minimum atomic E-state index is -5.90. The maximum atomic E-state index is 13.1. The lowest BCUT2D eigenvalue weighted by Crippen LogP contribution is -2.28. The monoisotopic (exact) mass is 502 g/mol. The molecule has 1 aliphatic rings. The van der Waals surface area contributed by atoms with E-state index in [9.17, 15) is 21.6 Å². The third-order valence-electron chi connectivity index (χ3n) is 6.09. The highest BCUT2D eigenvalue weighted by atomic mass is 32.2. The first-order chi connectivity index (χ1) is 16.7. The molecule has 0 spiro atoms. The summed E-state index contributed by atoms with van der Waals surface area (Å²) in [5.41, 5.74) is -5.29. The van der Waals surface area contributed by atoms with Crippen LogP contribution in [0.25, 0.3) is 32.8 Å². The van der Waals surface area contributed by atoms with Gasteiger partial charge in [-0.25, -0.2) is 0 Å². The van der Waals surface area contributed by atoms with Gasteiger partial charge in [0.05, 0.1) is 5.56 Å². The molecule has 3 aromatic carbocycles. The third-order valence-corrected chi connectivity index (χ3v) is 7.06. The SMILES string of the molecule is O=S(=O)(Oc1ccc2ccccc2c1-c1nnc(OC2CCCCC2)c2ccccc12)C(F)(F)F. The van der Waals surface area contributed by atoms with Crippen LogP contribution in [0.5, 0.6) is 11.6 Å². The molecule has 0 amide bonds. The summed E-state index contributed by atoms with van der Waals surface area (Å²) in [5.74, 6) is -0.150. The molecule has 0 saturated heterocycles. The highest BCUT2D eigenvalue weighted by Crippen LogP contribution is 2.42. The summed E-state index contributed by atoms with van der Waals surface area (Å²) >= 11 is 0. The van der Waals surface area contributed by atoms with E-state index >= 15 is 0 Å². The summed E-state index contributed by atoms with van der Waals surface area (Å²) in [6.07, 6.45) is 5.14. The topological polar surface area (TPSA) is 78.4 Å². The molecule has 1 heterocycles. The number of benzene rings is 3. The van der Waals surface area contributed by atoms with Crippen molar-refractivity contribution in [3.05, 3.63) is 60.7 Å². The maximum absolute atomic E-state index is 13.1. The molecule has 0 N–H and O–H groups in total. The Labute approximate surface area is 199 Å². The first-order valence-corrected chi connectivity index (χ1v) is 12.6. The van der Waals surface area contributed by atoms with Crippen LogP contribution < -0.4 is 8.92 Å². The Morgan fingerprint density at radius 2 is 1.46 bits per heavy atom. The molecule has 35 heavy (non-hydrogen) atoms. The molecule has 0 bridgehead atoms. The van der Waals surface area contributed by atoms with Crippen molar-refractivity contribution in [1.82, 2.24) is 10.2 Å². The van der Waals surface area contributed by atoms with Crippen LogP contribution in [0, 0.1) is 0 Å². The molecular formula is C25H21F3N2O4S. The van der Waals surface area contributed by atoms with Gasteiger partial charge in [0.25, 0.3) is 0 Å². The Bertz CT molecular complexity index is 1500. The smallest absolute Gasteiger partial charge is 0.473 e. The van der Waals surface area contributed by atoms with E-state index in [1.54, 1.807) is 48.5 Å². The summed E-state index contributed by atoms with van der Waals surface area (Å²) in [4.78, 5) is 0. The molecule has 0 aliphatic heterocycles. The van der Waals surface area contributed by atoms with Crippen molar-refractivity contribution in [2.24, 2.45) is 0 Å². The van der Waals surface area contributed by atoms with E-state index in [0.717, 1.165) is 32.1 Å². The maximum Gasteiger partial charge on any atom is 0.534 e. The second kappa shape index (κ2) is 8.99. The summed E-state index contributed by atoms with van der Waals surface area (Å²) in [6, 6.07) is 16.7. The highest BCUT2D eigenvalue weighted by Gasteiger charge is 2.49. The van der Waals surface area contributed by atoms with Gasteiger partial charge in [-0.2, -0.15) is 21.6 Å². The molecule has 182 valence electrons. The summed E-state index contributed by atoms with van der Waals surface area (Å²) < 4.78 is 73.9. The molecule has 4 aromatic rings. The zero-order valence-corrected chi connectivity index (χ0v) is 19.3. The lowest BCUT2D eigenvalue weighted by Gasteiger charge is -2.23. The Balaban J connectivity index is 1.70. The van der Waals surface area contributed by atoms with Gasteiger partial charge < -0.3 is 8.92 Å². The number of rotatable bonds is 5. The van der Waals surface area contributed by atoms with Gasteiger partial charge in [-0.15, -0.1) is 10.2 Å². The van der Waals surface area contributed by atoms with Crippen molar-refractivity contribution in [2.45, 2.75) is 43.7 Å². The minimum absolute atomic E-state index is 0.0145. The average Bonchev–Trinajstić information content (AvgIpc) is 2.84. The van der Waals surface area contributed by atoms with Crippen LogP contribution in [0.3, 0.4) is 0 Å². The van der Waals surface area contributed by atoms with Gasteiger partial charge in [0, 0.05) is 10.8 Å². The molecule has 1 saturated carbocycles. The van der Waals surface area contributed by atoms with Crippen molar-refractivity contribution in [1.29, 1.82) is 0 Å². The zero-order valence-electron chi connectivity index (χ0n) is 18.5. The van der Waals surface area contributed by atoms with E-state index in [0.29, 0.717) is 27.4 Å².